The van der Waals surface area contributed by atoms with Crippen LogP contribution in [0.15, 0.2) is 29.8 Å². The monoisotopic (exact) mass is 389 g/mol. The molecule has 0 aliphatic carbocycles. The Bertz CT molecular complexity index is 1090. The van der Waals surface area contributed by atoms with Gasteiger partial charge >= 0.3 is 0 Å². The van der Waals surface area contributed by atoms with E-state index in [4.69, 9.17) is 14.2 Å². The molecule has 0 radical (unpaired) electrons. The molecule has 0 bridgehead atoms. The molecule has 0 unspecified atom stereocenters. The van der Waals surface area contributed by atoms with Crippen molar-refractivity contribution < 1.29 is 19.0 Å². The second-order valence-corrected chi connectivity index (χ2v) is 7.24. The quantitative estimate of drug-likeness (QED) is 0.561. The summed E-state index contributed by atoms with van der Waals surface area (Å²) in [6.45, 7) is 0. The van der Waals surface area contributed by atoms with Crippen LogP contribution in [0.5, 0.6) is 17.2 Å². The van der Waals surface area contributed by atoms with E-state index in [2.05, 4.69) is 10.3 Å². The van der Waals surface area contributed by atoms with Crippen LogP contribution in [0.3, 0.4) is 0 Å². The number of thiazole rings is 1. The van der Waals surface area contributed by atoms with Crippen molar-refractivity contribution in [3.05, 3.63) is 34.7 Å². The zero-order chi connectivity index (χ0) is 18.3. The average molecular weight is 389 g/mol. The van der Waals surface area contributed by atoms with Crippen molar-refractivity contribution in [3.63, 3.8) is 0 Å². The third kappa shape index (κ3) is 2.65. The van der Waals surface area contributed by atoms with E-state index in [-0.39, 0.29) is 5.91 Å². The van der Waals surface area contributed by atoms with Gasteiger partial charge in [-0.3, -0.25) is 9.20 Å². The Balaban J connectivity index is 1.66. The van der Waals surface area contributed by atoms with Gasteiger partial charge in [-0.25, -0.2) is 4.98 Å². The summed E-state index contributed by atoms with van der Waals surface area (Å²) in [5.74, 6) is 1.21. The predicted octanol–water partition coefficient (Wildman–Crippen LogP) is 3.89. The molecule has 0 fully saturated rings. The van der Waals surface area contributed by atoms with E-state index in [1.165, 1.54) is 32.7 Å². The molecule has 1 aromatic carbocycles. The van der Waals surface area contributed by atoms with Gasteiger partial charge in [0.05, 0.1) is 31.7 Å². The SMILES string of the molecule is COc1cc(NC(=O)c2cc3c(nc4sccn43)s2)cc(OC)c1OC. The molecule has 0 saturated carbocycles. The molecule has 0 spiro atoms. The highest BCUT2D eigenvalue weighted by molar-refractivity contribution is 7.21. The Hall–Kier alpha value is -2.78. The fourth-order valence-electron chi connectivity index (χ4n) is 2.71. The number of hydrogen-bond donors (Lipinski definition) is 1. The molecule has 0 aliphatic heterocycles. The van der Waals surface area contributed by atoms with Gasteiger partial charge in [0.1, 0.15) is 4.83 Å². The van der Waals surface area contributed by atoms with E-state index in [1.54, 1.807) is 23.5 Å². The number of ether oxygens (including phenoxy) is 3. The van der Waals surface area contributed by atoms with Crippen LogP contribution in [0.4, 0.5) is 5.69 Å². The van der Waals surface area contributed by atoms with Gasteiger partial charge in [0, 0.05) is 29.4 Å². The van der Waals surface area contributed by atoms with Crippen LogP contribution in [0, 0.1) is 0 Å². The maximum Gasteiger partial charge on any atom is 0.265 e. The van der Waals surface area contributed by atoms with Crippen molar-refractivity contribution in [2.45, 2.75) is 0 Å². The molecule has 0 atom stereocenters. The number of aromatic nitrogens is 2. The average Bonchev–Trinajstić information content (AvgIpc) is 3.32. The van der Waals surface area contributed by atoms with Crippen LogP contribution in [0.1, 0.15) is 9.67 Å². The molecule has 26 heavy (non-hydrogen) atoms. The van der Waals surface area contributed by atoms with Gasteiger partial charge in [0.25, 0.3) is 5.91 Å². The lowest BCUT2D eigenvalue weighted by Crippen LogP contribution is -2.10. The van der Waals surface area contributed by atoms with E-state index >= 15 is 0 Å². The van der Waals surface area contributed by atoms with E-state index in [9.17, 15) is 4.79 Å². The molecule has 3 heterocycles. The lowest BCUT2D eigenvalue weighted by atomic mass is 10.2. The molecule has 3 aromatic heterocycles. The number of methoxy groups -OCH3 is 3. The number of rotatable bonds is 5. The van der Waals surface area contributed by atoms with Crippen LogP contribution >= 0.6 is 22.7 Å². The van der Waals surface area contributed by atoms with Crippen LogP contribution in [0.2, 0.25) is 0 Å². The smallest absolute Gasteiger partial charge is 0.265 e. The number of thiophene rings is 1. The lowest BCUT2D eigenvalue weighted by molar-refractivity contribution is 0.103. The fraction of sp³-hybridized carbons (Fsp3) is 0.176. The van der Waals surface area contributed by atoms with Gasteiger partial charge in [-0.05, 0) is 6.07 Å². The molecule has 1 amide bonds. The summed E-state index contributed by atoms with van der Waals surface area (Å²) in [4.78, 5) is 19.5. The maximum absolute atomic E-state index is 12.7. The summed E-state index contributed by atoms with van der Waals surface area (Å²) in [5.41, 5.74) is 1.49. The molecule has 1 N–H and O–H groups in total. The first-order valence-corrected chi connectivity index (χ1v) is 9.30. The van der Waals surface area contributed by atoms with Crippen molar-refractivity contribution in [1.29, 1.82) is 0 Å². The second kappa shape index (κ2) is 6.50. The minimum Gasteiger partial charge on any atom is -0.493 e. The Labute approximate surface area is 156 Å². The predicted molar refractivity (Wildman–Crippen MR) is 103 cm³/mol. The van der Waals surface area contributed by atoms with Gasteiger partial charge in [-0.2, -0.15) is 0 Å². The molecule has 4 aromatic rings. The van der Waals surface area contributed by atoms with Gasteiger partial charge in [0.15, 0.2) is 16.5 Å². The summed E-state index contributed by atoms with van der Waals surface area (Å²) in [5, 5.41) is 4.84. The highest BCUT2D eigenvalue weighted by Crippen LogP contribution is 2.40. The second-order valence-electron chi connectivity index (χ2n) is 5.34. The van der Waals surface area contributed by atoms with Crippen molar-refractivity contribution >= 4 is 49.6 Å². The number of nitrogens with zero attached hydrogens (tertiary/aromatic N) is 2. The number of amides is 1. The number of carbonyl (C=O) groups is 1. The molecule has 134 valence electrons. The summed E-state index contributed by atoms with van der Waals surface area (Å²) < 4.78 is 17.9. The number of imidazole rings is 1. The molecule has 0 saturated heterocycles. The Morgan fingerprint density at radius 2 is 1.85 bits per heavy atom. The minimum atomic E-state index is -0.216. The number of hydrogen-bond acceptors (Lipinski definition) is 7. The zero-order valence-electron chi connectivity index (χ0n) is 14.2. The Kier molecular flexibility index (Phi) is 4.17. The van der Waals surface area contributed by atoms with Gasteiger partial charge in [-0.15, -0.1) is 22.7 Å². The molecule has 4 rings (SSSR count). The van der Waals surface area contributed by atoms with Gasteiger partial charge in [0.2, 0.25) is 5.75 Å². The van der Waals surface area contributed by atoms with Crippen LogP contribution in [0.25, 0.3) is 15.3 Å². The summed E-state index contributed by atoms with van der Waals surface area (Å²) in [7, 11) is 4.60. The van der Waals surface area contributed by atoms with Crippen molar-refractivity contribution in [2.75, 3.05) is 26.6 Å². The standard InChI is InChI=1S/C17H15N3O4S2/c1-22-11-6-9(7-12(23-2)14(11)24-3)18-15(21)13-8-10-16(26-13)19-17-20(10)4-5-25-17/h4-8H,1-3H3,(H,18,21). The molecule has 9 heteroatoms. The fourth-order valence-corrected chi connectivity index (χ4v) is 4.40. The molecule has 7 nitrogen and oxygen atoms in total. The third-order valence-corrected chi connectivity index (χ3v) is 5.66. The minimum absolute atomic E-state index is 0.216. The van der Waals surface area contributed by atoms with Crippen LogP contribution in [-0.2, 0) is 0 Å². The highest BCUT2D eigenvalue weighted by Gasteiger charge is 2.18. The Morgan fingerprint density at radius 3 is 2.50 bits per heavy atom. The van der Waals surface area contributed by atoms with E-state index in [1.807, 2.05) is 22.0 Å². The molecular formula is C17H15N3O4S2. The summed E-state index contributed by atoms with van der Waals surface area (Å²) >= 11 is 2.92. The normalized spacial score (nSPS) is 11.0. The van der Waals surface area contributed by atoms with Crippen molar-refractivity contribution in [1.82, 2.24) is 9.38 Å². The van der Waals surface area contributed by atoms with Gasteiger partial charge < -0.3 is 19.5 Å². The first kappa shape index (κ1) is 16.7. The van der Waals surface area contributed by atoms with E-state index in [0.717, 1.165) is 15.3 Å². The van der Waals surface area contributed by atoms with E-state index < -0.39 is 0 Å². The van der Waals surface area contributed by atoms with Crippen molar-refractivity contribution in [2.24, 2.45) is 0 Å². The third-order valence-electron chi connectivity index (χ3n) is 3.89. The number of benzene rings is 1. The molecular weight excluding hydrogens is 374 g/mol. The van der Waals surface area contributed by atoms with Gasteiger partial charge in [-0.1, -0.05) is 0 Å². The number of fused-ring (bicyclic) bond motifs is 3. The highest BCUT2D eigenvalue weighted by atomic mass is 32.1. The lowest BCUT2D eigenvalue weighted by Gasteiger charge is -2.14. The molecule has 0 aliphatic rings. The van der Waals surface area contributed by atoms with Crippen LogP contribution < -0.4 is 19.5 Å². The topological polar surface area (TPSA) is 74.1 Å². The summed E-state index contributed by atoms with van der Waals surface area (Å²) in [6, 6.07) is 5.23. The van der Waals surface area contributed by atoms with Crippen molar-refractivity contribution in [3.8, 4) is 17.2 Å². The number of nitrogens with one attached hydrogen (secondary N) is 1. The first-order chi connectivity index (χ1) is 12.6. The number of anilines is 1. The van der Waals surface area contributed by atoms with E-state index in [0.29, 0.717) is 27.8 Å². The maximum atomic E-state index is 12.7. The Morgan fingerprint density at radius 1 is 1.12 bits per heavy atom. The van der Waals surface area contributed by atoms with Crippen LogP contribution in [-0.4, -0.2) is 36.6 Å². The number of carbonyl (C=O) groups excluding carboxylic acids is 1. The zero-order valence-corrected chi connectivity index (χ0v) is 15.9. The summed E-state index contributed by atoms with van der Waals surface area (Å²) in [6.07, 6.45) is 1.95. The first-order valence-electron chi connectivity index (χ1n) is 7.61. The largest absolute Gasteiger partial charge is 0.493 e.